The van der Waals surface area contributed by atoms with Crippen LogP contribution < -0.4 is 4.90 Å². The average Bonchev–Trinajstić information content (AvgIpc) is 2.63. The van der Waals surface area contributed by atoms with Gasteiger partial charge in [0.25, 0.3) is 0 Å². The fraction of sp³-hybridized carbons (Fsp3) is 0.100. The monoisotopic (exact) mass is 190 g/mol. The summed E-state index contributed by atoms with van der Waals surface area (Å²) < 4.78 is 1.20. The molecule has 0 unspecified atom stereocenters. The van der Waals surface area contributed by atoms with Crippen molar-refractivity contribution >= 4 is 33.5 Å². The van der Waals surface area contributed by atoms with Crippen LogP contribution in [0.15, 0.2) is 24.3 Å². The molecule has 1 aromatic heterocycles. The Bertz CT molecular complexity index is 435. The molecular formula is C10H8NOS. The van der Waals surface area contributed by atoms with E-state index in [0.29, 0.717) is 0 Å². The van der Waals surface area contributed by atoms with Gasteiger partial charge < -0.3 is 4.90 Å². The van der Waals surface area contributed by atoms with Crippen molar-refractivity contribution in [1.29, 1.82) is 0 Å². The third kappa shape index (κ3) is 1.42. The van der Waals surface area contributed by atoms with Crippen molar-refractivity contribution in [2.75, 3.05) is 11.9 Å². The van der Waals surface area contributed by atoms with Crippen molar-refractivity contribution in [2.45, 2.75) is 0 Å². The van der Waals surface area contributed by atoms with Gasteiger partial charge in [-0.2, -0.15) is 0 Å². The van der Waals surface area contributed by atoms with Gasteiger partial charge in [-0.1, -0.05) is 0 Å². The van der Waals surface area contributed by atoms with E-state index in [1.807, 2.05) is 24.3 Å². The molecule has 0 saturated heterocycles. The normalized spacial score (nSPS) is 10.2. The van der Waals surface area contributed by atoms with Gasteiger partial charge in [0.1, 0.15) is 0 Å². The minimum absolute atomic E-state index is 0.803. The molecule has 2 rings (SSSR count). The molecule has 0 spiro atoms. The van der Waals surface area contributed by atoms with E-state index in [-0.39, 0.29) is 0 Å². The third-order valence-corrected chi connectivity index (χ3v) is 2.77. The zero-order chi connectivity index (χ0) is 9.26. The standard InChI is InChI=1S/C10H8NOS/c1-11(7-12)9-2-3-10-8(6-9)4-5-13-10/h2-4,6-7H,1H3. The van der Waals surface area contributed by atoms with Crippen molar-refractivity contribution in [1.82, 2.24) is 0 Å². The molecule has 0 aliphatic rings. The van der Waals surface area contributed by atoms with E-state index in [4.69, 9.17) is 0 Å². The second-order valence-corrected chi connectivity index (χ2v) is 3.68. The molecule has 0 aliphatic carbocycles. The molecule has 65 valence electrons. The highest BCUT2D eigenvalue weighted by molar-refractivity contribution is 7.16. The Morgan fingerprint density at radius 2 is 2.38 bits per heavy atom. The van der Waals surface area contributed by atoms with Crippen LogP contribution in [0, 0.1) is 5.38 Å². The summed E-state index contributed by atoms with van der Waals surface area (Å²) in [6.45, 7) is 0. The number of thiophene rings is 1. The molecule has 1 heterocycles. The van der Waals surface area contributed by atoms with Gasteiger partial charge >= 0.3 is 0 Å². The zero-order valence-corrected chi connectivity index (χ0v) is 7.97. The lowest BCUT2D eigenvalue weighted by molar-refractivity contribution is -0.107. The van der Waals surface area contributed by atoms with Crippen molar-refractivity contribution in [3.05, 3.63) is 29.6 Å². The van der Waals surface area contributed by atoms with E-state index in [1.165, 1.54) is 4.70 Å². The van der Waals surface area contributed by atoms with E-state index in [2.05, 4.69) is 5.38 Å². The maximum Gasteiger partial charge on any atom is 0.213 e. The fourth-order valence-electron chi connectivity index (χ4n) is 1.18. The highest BCUT2D eigenvalue weighted by Gasteiger charge is 2.00. The summed E-state index contributed by atoms with van der Waals surface area (Å²) in [5.41, 5.74) is 0.911. The SMILES string of the molecule is CN(C=O)c1ccc2s[c]cc2c1. The summed E-state index contributed by atoms with van der Waals surface area (Å²) in [6, 6.07) is 7.85. The van der Waals surface area contributed by atoms with E-state index in [0.717, 1.165) is 17.5 Å². The zero-order valence-electron chi connectivity index (χ0n) is 7.15. The van der Waals surface area contributed by atoms with Gasteiger partial charge in [0, 0.05) is 22.8 Å². The smallest absolute Gasteiger partial charge is 0.213 e. The summed E-state index contributed by atoms with van der Waals surface area (Å²) in [5, 5.41) is 4.19. The molecule has 0 fully saturated rings. The van der Waals surface area contributed by atoms with Crippen molar-refractivity contribution < 1.29 is 4.79 Å². The lowest BCUT2D eigenvalue weighted by atomic mass is 10.2. The maximum absolute atomic E-state index is 10.5. The summed E-state index contributed by atoms with van der Waals surface area (Å²) in [4.78, 5) is 12.1. The first-order valence-corrected chi connectivity index (χ1v) is 4.70. The molecule has 0 N–H and O–H groups in total. The van der Waals surface area contributed by atoms with Gasteiger partial charge in [-0.15, -0.1) is 11.3 Å². The minimum Gasteiger partial charge on any atom is -0.318 e. The largest absolute Gasteiger partial charge is 0.318 e. The number of benzene rings is 1. The van der Waals surface area contributed by atoms with Crippen LogP contribution in [0.3, 0.4) is 0 Å². The summed E-state index contributed by atoms with van der Waals surface area (Å²) in [6.07, 6.45) is 0.803. The van der Waals surface area contributed by atoms with Crippen LogP contribution in [0.1, 0.15) is 0 Å². The highest BCUT2D eigenvalue weighted by atomic mass is 32.1. The first-order chi connectivity index (χ1) is 6.31. The van der Waals surface area contributed by atoms with E-state index >= 15 is 0 Å². The predicted octanol–water partition coefficient (Wildman–Crippen LogP) is 2.29. The second kappa shape index (κ2) is 3.18. The molecule has 1 radical (unpaired) electrons. The number of anilines is 1. The van der Waals surface area contributed by atoms with Gasteiger partial charge in [-0.3, -0.25) is 4.79 Å². The Balaban J connectivity index is 2.53. The van der Waals surface area contributed by atoms with Crippen LogP contribution >= 0.6 is 11.3 Å². The number of carbonyl (C=O) groups excluding carboxylic acids is 1. The highest BCUT2D eigenvalue weighted by Crippen LogP contribution is 2.24. The van der Waals surface area contributed by atoms with E-state index in [1.54, 1.807) is 23.3 Å². The number of amides is 1. The van der Waals surface area contributed by atoms with Gasteiger partial charge in [0.15, 0.2) is 0 Å². The van der Waals surface area contributed by atoms with E-state index < -0.39 is 0 Å². The first kappa shape index (κ1) is 8.26. The number of rotatable bonds is 2. The van der Waals surface area contributed by atoms with Crippen LogP contribution in [0.5, 0.6) is 0 Å². The predicted molar refractivity (Wildman–Crippen MR) is 55.1 cm³/mol. The number of hydrogen-bond acceptors (Lipinski definition) is 2. The molecular weight excluding hydrogens is 182 g/mol. The average molecular weight is 190 g/mol. The fourth-order valence-corrected chi connectivity index (χ4v) is 1.86. The molecule has 0 atom stereocenters. The van der Waals surface area contributed by atoms with Crippen LogP contribution in [0.25, 0.3) is 10.1 Å². The Morgan fingerprint density at radius 1 is 1.54 bits per heavy atom. The van der Waals surface area contributed by atoms with Gasteiger partial charge in [-0.25, -0.2) is 0 Å². The Labute approximate surface area is 80.4 Å². The maximum atomic E-state index is 10.5. The van der Waals surface area contributed by atoms with Crippen LogP contribution in [0.2, 0.25) is 0 Å². The van der Waals surface area contributed by atoms with Crippen molar-refractivity contribution in [3.63, 3.8) is 0 Å². The third-order valence-electron chi connectivity index (χ3n) is 1.94. The molecule has 13 heavy (non-hydrogen) atoms. The Hall–Kier alpha value is -1.35. The van der Waals surface area contributed by atoms with Crippen molar-refractivity contribution in [3.8, 4) is 0 Å². The van der Waals surface area contributed by atoms with Gasteiger partial charge in [0.2, 0.25) is 6.41 Å². The topological polar surface area (TPSA) is 20.3 Å². The molecule has 2 aromatic rings. The van der Waals surface area contributed by atoms with Crippen molar-refractivity contribution in [2.24, 2.45) is 0 Å². The van der Waals surface area contributed by atoms with Gasteiger partial charge in [0.05, 0.1) is 0 Å². The van der Waals surface area contributed by atoms with Crippen LogP contribution in [-0.2, 0) is 4.79 Å². The first-order valence-electron chi connectivity index (χ1n) is 3.89. The molecule has 1 amide bonds. The molecule has 3 heteroatoms. The number of nitrogens with zero attached hydrogens (tertiary/aromatic N) is 1. The lowest BCUT2D eigenvalue weighted by Crippen LogP contribution is -2.13. The number of carbonyl (C=O) groups is 1. The Kier molecular flexibility index (Phi) is 2.02. The minimum atomic E-state index is 0.803. The molecule has 0 saturated carbocycles. The van der Waals surface area contributed by atoms with Gasteiger partial charge in [-0.05, 0) is 29.7 Å². The van der Waals surface area contributed by atoms with Crippen LogP contribution in [0.4, 0.5) is 5.69 Å². The summed E-state index contributed by atoms with van der Waals surface area (Å²) in [5.74, 6) is 0. The summed E-state index contributed by atoms with van der Waals surface area (Å²) in [7, 11) is 1.74. The molecule has 1 aromatic carbocycles. The summed E-state index contributed by atoms with van der Waals surface area (Å²) >= 11 is 1.58. The molecule has 0 aliphatic heterocycles. The quantitative estimate of drug-likeness (QED) is 0.665. The molecule has 0 bridgehead atoms. The number of hydrogen-bond donors (Lipinski definition) is 0. The van der Waals surface area contributed by atoms with E-state index in [9.17, 15) is 4.79 Å². The lowest BCUT2D eigenvalue weighted by Gasteiger charge is -2.09. The molecule has 2 nitrogen and oxygen atoms in total. The Morgan fingerprint density at radius 3 is 3.15 bits per heavy atom. The second-order valence-electron chi connectivity index (χ2n) is 2.80. The van der Waals surface area contributed by atoms with Crippen LogP contribution in [-0.4, -0.2) is 13.5 Å². The number of fused-ring (bicyclic) bond motifs is 1.